The fraction of sp³-hybridized carbons (Fsp3) is 0.286. The fourth-order valence-electron chi connectivity index (χ4n) is 3.92. The topological polar surface area (TPSA) is 69.6 Å². The molecule has 0 spiro atoms. The molecule has 3 heterocycles. The summed E-state index contributed by atoms with van der Waals surface area (Å²) in [5.41, 5.74) is 6.19. The van der Waals surface area contributed by atoms with Gasteiger partial charge in [0.25, 0.3) is 0 Å². The minimum absolute atomic E-state index is 0.128. The number of rotatable bonds is 3. The number of nitrogens with zero attached hydrogens (tertiary/aromatic N) is 3. The lowest BCUT2D eigenvalue weighted by molar-refractivity contribution is -0.139. The predicted molar refractivity (Wildman–Crippen MR) is 98.9 cm³/mol. The van der Waals surface area contributed by atoms with Crippen LogP contribution in [0.2, 0.25) is 0 Å². The zero-order chi connectivity index (χ0) is 18.4. The molecule has 1 aliphatic heterocycles. The number of carbonyl (C=O) groups is 1. The second-order valence-electron chi connectivity index (χ2n) is 7.13. The molecule has 0 N–H and O–H groups in total. The molecule has 0 amide bonds. The van der Waals surface area contributed by atoms with Crippen molar-refractivity contribution in [3.05, 3.63) is 70.9 Å². The third-order valence-electron chi connectivity index (χ3n) is 5.28. The maximum Gasteiger partial charge on any atom is 0.314 e. The van der Waals surface area contributed by atoms with E-state index in [9.17, 15) is 4.79 Å². The Balaban J connectivity index is 1.34. The Labute approximate surface area is 156 Å². The first-order valence-corrected chi connectivity index (χ1v) is 9.11. The summed E-state index contributed by atoms with van der Waals surface area (Å²) in [7, 11) is 1.91. The smallest absolute Gasteiger partial charge is 0.314 e. The first-order chi connectivity index (χ1) is 13.2. The van der Waals surface area contributed by atoms with Gasteiger partial charge >= 0.3 is 5.97 Å². The number of aryl methyl sites for hydroxylation is 2. The number of hydrogen-bond acceptors (Lipinski definition) is 5. The van der Waals surface area contributed by atoms with Gasteiger partial charge in [0.05, 0.1) is 36.4 Å². The molecule has 0 fully saturated rings. The zero-order valence-electron chi connectivity index (χ0n) is 15.0. The fourth-order valence-corrected chi connectivity index (χ4v) is 3.92. The van der Waals surface area contributed by atoms with E-state index in [1.54, 1.807) is 12.5 Å². The average Bonchev–Trinajstić information content (AvgIpc) is 3.38. The minimum Gasteiger partial charge on any atom is -0.472 e. The molecule has 6 nitrogen and oxygen atoms in total. The van der Waals surface area contributed by atoms with Crippen LogP contribution >= 0.6 is 0 Å². The Bertz CT molecular complexity index is 1050. The van der Waals surface area contributed by atoms with Crippen LogP contribution in [-0.2, 0) is 31.2 Å². The van der Waals surface area contributed by atoms with E-state index in [2.05, 4.69) is 10.1 Å². The summed E-state index contributed by atoms with van der Waals surface area (Å²) >= 11 is 0. The molecule has 0 bridgehead atoms. The number of hydrogen-bond donors (Lipinski definition) is 0. The van der Waals surface area contributed by atoms with Gasteiger partial charge < -0.3 is 9.15 Å². The SMILES string of the molecule is Cn1cc2c(n1)CC[C@H](C(=O)Oc1ccc3c(c1)C(c1ccoc1)=NC3)C2. The van der Waals surface area contributed by atoms with Gasteiger partial charge in [-0.15, -0.1) is 0 Å². The van der Waals surface area contributed by atoms with E-state index in [4.69, 9.17) is 9.15 Å². The molecule has 1 aromatic carbocycles. The summed E-state index contributed by atoms with van der Waals surface area (Å²) in [5, 5.41) is 4.44. The van der Waals surface area contributed by atoms with E-state index in [-0.39, 0.29) is 11.9 Å². The van der Waals surface area contributed by atoms with Crippen molar-refractivity contribution in [1.29, 1.82) is 0 Å². The van der Waals surface area contributed by atoms with E-state index in [1.165, 1.54) is 0 Å². The quantitative estimate of drug-likeness (QED) is 0.531. The van der Waals surface area contributed by atoms with Crippen molar-refractivity contribution in [2.45, 2.75) is 25.8 Å². The lowest BCUT2D eigenvalue weighted by Gasteiger charge is -2.19. The maximum absolute atomic E-state index is 12.7. The molecule has 1 aliphatic carbocycles. The molecule has 0 unspecified atom stereocenters. The van der Waals surface area contributed by atoms with Crippen molar-refractivity contribution >= 4 is 11.7 Å². The number of carbonyl (C=O) groups excluding carboxylic acids is 1. The lowest BCUT2D eigenvalue weighted by Crippen LogP contribution is -2.26. The van der Waals surface area contributed by atoms with Gasteiger partial charge in [-0.2, -0.15) is 5.10 Å². The Morgan fingerprint density at radius 2 is 2.22 bits per heavy atom. The van der Waals surface area contributed by atoms with Crippen molar-refractivity contribution in [3.8, 4) is 5.75 Å². The van der Waals surface area contributed by atoms with Gasteiger partial charge in [-0.25, -0.2) is 0 Å². The number of benzene rings is 1. The summed E-state index contributed by atoms with van der Waals surface area (Å²) in [6.45, 7) is 0.635. The van der Waals surface area contributed by atoms with Crippen LogP contribution in [0.25, 0.3) is 0 Å². The van der Waals surface area contributed by atoms with Crippen LogP contribution in [0.3, 0.4) is 0 Å². The number of furan rings is 1. The van der Waals surface area contributed by atoms with Crippen molar-refractivity contribution in [2.24, 2.45) is 18.0 Å². The molecule has 27 heavy (non-hydrogen) atoms. The number of esters is 1. The van der Waals surface area contributed by atoms with Crippen LogP contribution in [0, 0.1) is 5.92 Å². The first-order valence-electron chi connectivity index (χ1n) is 9.11. The molecule has 1 atom stereocenters. The summed E-state index contributed by atoms with van der Waals surface area (Å²) in [5.74, 6) is 0.259. The van der Waals surface area contributed by atoms with E-state index >= 15 is 0 Å². The van der Waals surface area contributed by atoms with Gasteiger partial charge in [0.15, 0.2) is 0 Å². The van der Waals surface area contributed by atoms with Crippen LogP contribution in [0.4, 0.5) is 0 Å². The molecule has 0 saturated heterocycles. The third-order valence-corrected chi connectivity index (χ3v) is 5.28. The highest BCUT2D eigenvalue weighted by atomic mass is 16.5. The summed E-state index contributed by atoms with van der Waals surface area (Å²) in [6.07, 6.45) is 7.59. The van der Waals surface area contributed by atoms with Crippen molar-refractivity contribution in [2.75, 3.05) is 0 Å². The molecule has 3 aromatic rings. The highest BCUT2D eigenvalue weighted by Gasteiger charge is 2.28. The molecular formula is C21H19N3O3. The molecule has 5 rings (SSSR count). The van der Waals surface area contributed by atoms with Crippen LogP contribution in [0.5, 0.6) is 5.75 Å². The Morgan fingerprint density at radius 3 is 3.07 bits per heavy atom. The third kappa shape index (κ3) is 2.87. The standard InChI is InChI=1S/C21H19N3O3/c1-24-11-16-8-13(3-5-19(16)23-24)21(25)27-17-4-2-14-10-22-20(18(14)9-17)15-6-7-26-12-15/h2,4,6-7,9,11-13H,3,5,8,10H2,1H3/t13-/m0/s1. The lowest BCUT2D eigenvalue weighted by atomic mass is 9.88. The minimum atomic E-state index is -0.177. The Morgan fingerprint density at radius 1 is 1.30 bits per heavy atom. The van der Waals surface area contributed by atoms with Crippen LogP contribution in [0.1, 0.15) is 34.4 Å². The molecule has 2 aliphatic rings. The number of aliphatic imine (C=N–C) groups is 1. The van der Waals surface area contributed by atoms with Gasteiger partial charge in [-0.3, -0.25) is 14.5 Å². The Hall–Kier alpha value is -3.15. The van der Waals surface area contributed by atoms with E-state index < -0.39 is 0 Å². The highest BCUT2D eigenvalue weighted by molar-refractivity contribution is 6.15. The first kappa shape index (κ1) is 16.1. The van der Waals surface area contributed by atoms with Gasteiger partial charge in [0.1, 0.15) is 5.75 Å². The number of aromatic nitrogens is 2. The summed E-state index contributed by atoms with van der Waals surface area (Å²) in [4.78, 5) is 17.3. The van der Waals surface area contributed by atoms with Gasteiger partial charge in [0, 0.05) is 24.4 Å². The molecular weight excluding hydrogens is 342 g/mol. The van der Waals surface area contributed by atoms with E-state index in [0.717, 1.165) is 46.5 Å². The molecule has 136 valence electrons. The van der Waals surface area contributed by atoms with Crippen molar-refractivity contribution in [3.63, 3.8) is 0 Å². The van der Waals surface area contributed by atoms with Crippen molar-refractivity contribution in [1.82, 2.24) is 9.78 Å². The van der Waals surface area contributed by atoms with Crippen LogP contribution in [0.15, 0.2) is 52.4 Å². The van der Waals surface area contributed by atoms with E-state index in [0.29, 0.717) is 18.7 Å². The normalized spacial score (nSPS) is 18.0. The van der Waals surface area contributed by atoms with Gasteiger partial charge in [-0.1, -0.05) is 6.07 Å². The van der Waals surface area contributed by atoms with Crippen LogP contribution in [-0.4, -0.2) is 21.5 Å². The second-order valence-corrected chi connectivity index (χ2v) is 7.13. The molecule has 2 aromatic heterocycles. The Kier molecular flexibility index (Phi) is 3.70. The molecule has 0 radical (unpaired) electrons. The number of ether oxygens (including phenoxy) is 1. The zero-order valence-corrected chi connectivity index (χ0v) is 15.0. The summed E-state index contributed by atoms with van der Waals surface area (Å²) < 4.78 is 12.7. The second kappa shape index (κ2) is 6.23. The largest absolute Gasteiger partial charge is 0.472 e. The predicted octanol–water partition coefficient (Wildman–Crippen LogP) is 3.07. The van der Waals surface area contributed by atoms with Crippen LogP contribution < -0.4 is 4.74 Å². The molecule has 0 saturated carbocycles. The molecule has 6 heteroatoms. The van der Waals surface area contributed by atoms with Gasteiger partial charge in [-0.05, 0) is 48.6 Å². The summed E-state index contributed by atoms with van der Waals surface area (Å²) in [6, 6.07) is 7.63. The average molecular weight is 361 g/mol. The maximum atomic E-state index is 12.7. The monoisotopic (exact) mass is 361 g/mol. The van der Waals surface area contributed by atoms with Crippen molar-refractivity contribution < 1.29 is 13.9 Å². The highest BCUT2D eigenvalue weighted by Crippen LogP contribution is 2.29. The number of fused-ring (bicyclic) bond motifs is 2. The van der Waals surface area contributed by atoms with E-state index in [1.807, 2.05) is 42.2 Å². The van der Waals surface area contributed by atoms with Gasteiger partial charge in [0.2, 0.25) is 0 Å².